The molecule has 0 unspecified atom stereocenters. The molecule has 0 bridgehead atoms. The van der Waals surface area contributed by atoms with Gasteiger partial charge >= 0.3 is 12.1 Å². The van der Waals surface area contributed by atoms with Crippen LogP contribution in [0.1, 0.15) is 27.5 Å². The van der Waals surface area contributed by atoms with Crippen molar-refractivity contribution in [2.75, 3.05) is 31.6 Å². The van der Waals surface area contributed by atoms with Crippen LogP contribution in [-0.2, 0) is 21.3 Å². The van der Waals surface area contributed by atoms with E-state index in [2.05, 4.69) is 22.5 Å². The highest BCUT2D eigenvalue weighted by Gasteiger charge is 2.35. The molecule has 35 heavy (non-hydrogen) atoms. The highest BCUT2D eigenvalue weighted by atomic mass is 16.5. The number of anilines is 1. The van der Waals surface area contributed by atoms with Gasteiger partial charge in [-0.25, -0.2) is 9.59 Å². The fourth-order valence-electron chi connectivity index (χ4n) is 4.53. The summed E-state index contributed by atoms with van der Waals surface area (Å²) in [5, 5.41) is 15.5. The third-order valence-corrected chi connectivity index (χ3v) is 6.19. The molecule has 0 atom stereocenters. The Kier molecular flexibility index (Phi) is 5.96. The van der Waals surface area contributed by atoms with Gasteiger partial charge < -0.3 is 19.5 Å². The van der Waals surface area contributed by atoms with Gasteiger partial charge in [0.1, 0.15) is 13.2 Å². The zero-order valence-corrected chi connectivity index (χ0v) is 19.0. The normalized spacial score (nSPS) is 14.7. The number of likely N-dealkylation sites (tertiary alicyclic amines) is 1. The Balaban J connectivity index is 1.22. The number of carbonyl (C=O) groups excluding carboxylic acids is 2. The lowest BCUT2D eigenvalue weighted by Crippen LogP contribution is -2.55. The van der Waals surface area contributed by atoms with Crippen molar-refractivity contribution in [3.8, 4) is 11.1 Å². The SMILES string of the molecule is Cn1cc(NC(=O)OCC2c3ccccc3-c3ccccc32)c(C(=O)N2CC(OCC(=O)O)C2)n1. The van der Waals surface area contributed by atoms with Crippen LogP contribution in [0.5, 0.6) is 0 Å². The molecular formula is C25H24N4O6. The number of carboxylic acid groups (broad SMARTS) is 1. The predicted octanol–water partition coefficient (Wildman–Crippen LogP) is 2.71. The lowest BCUT2D eigenvalue weighted by atomic mass is 9.98. The summed E-state index contributed by atoms with van der Waals surface area (Å²) in [7, 11) is 1.65. The number of hydrogen-bond donors (Lipinski definition) is 2. The first-order valence-electron chi connectivity index (χ1n) is 11.2. The molecule has 1 saturated heterocycles. The Labute approximate surface area is 201 Å². The maximum Gasteiger partial charge on any atom is 0.411 e. The molecule has 1 aliphatic carbocycles. The summed E-state index contributed by atoms with van der Waals surface area (Å²) in [5.74, 6) is -1.52. The zero-order valence-electron chi connectivity index (χ0n) is 19.0. The van der Waals surface area contributed by atoms with Crippen molar-refractivity contribution in [1.29, 1.82) is 0 Å². The van der Waals surface area contributed by atoms with E-state index in [-0.39, 0.29) is 49.0 Å². The Morgan fingerprint density at radius 3 is 2.31 bits per heavy atom. The third-order valence-electron chi connectivity index (χ3n) is 6.19. The van der Waals surface area contributed by atoms with Crippen molar-refractivity contribution < 1.29 is 29.0 Å². The van der Waals surface area contributed by atoms with Crippen LogP contribution in [-0.4, -0.2) is 70.2 Å². The van der Waals surface area contributed by atoms with Crippen molar-refractivity contribution in [2.24, 2.45) is 7.05 Å². The van der Waals surface area contributed by atoms with E-state index in [1.807, 2.05) is 36.4 Å². The Morgan fingerprint density at radius 2 is 1.69 bits per heavy atom. The largest absolute Gasteiger partial charge is 0.480 e. The monoisotopic (exact) mass is 476 g/mol. The number of amides is 2. The van der Waals surface area contributed by atoms with E-state index in [0.29, 0.717) is 0 Å². The molecule has 0 spiro atoms. The molecule has 2 aromatic carbocycles. The van der Waals surface area contributed by atoms with Crippen LogP contribution < -0.4 is 5.32 Å². The van der Waals surface area contributed by atoms with Crippen molar-refractivity contribution in [1.82, 2.24) is 14.7 Å². The number of carboxylic acids is 1. The molecule has 2 amide bonds. The van der Waals surface area contributed by atoms with Crippen molar-refractivity contribution in [3.63, 3.8) is 0 Å². The summed E-state index contributed by atoms with van der Waals surface area (Å²) in [4.78, 5) is 37.6. The standard InChI is InChI=1S/C25H24N4O6/c1-28-12-21(23(27-28)24(32)29-10-15(11-29)34-14-22(30)31)26-25(33)35-13-20-18-8-4-2-6-16(18)17-7-3-5-9-19(17)20/h2-9,12,15,20H,10-11,13-14H2,1H3,(H,26,33)(H,30,31). The highest BCUT2D eigenvalue weighted by molar-refractivity contribution is 6.01. The molecule has 2 aliphatic rings. The molecule has 2 heterocycles. The van der Waals surface area contributed by atoms with E-state index in [4.69, 9.17) is 14.6 Å². The highest BCUT2D eigenvalue weighted by Crippen LogP contribution is 2.44. The summed E-state index contributed by atoms with van der Waals surface area (Å²) in [6, 6.07) is 16.1. The molecule has 10 heteroatoms. The second-order valence-corrected chi connectivity index (χ2v) is 8.55. The van der Waals surface area contributed by atoms with Crippen LogP contribution in [0.3, 0.4) is 0 Å². The number of hydrogen-bond acceptors (Lipinski definition) is 6. The Bertz CT molecular complexity index is 1250. The van der Waals surface area contributed by atoms with E-state index in [0.717, 1.165) is 22.3 Å². The van der Waals surface area contributed by atoms with Gasteiger partial charge in [0.25, 0.3) is 5.91 Å². The molecule has 10 nitrogen and oxygen atoms in total. The molecule has 1 fully saturated rings. The summed E-state index contributed by atoms with van der Waals surface area (Å²) in [5.41, 5.74) is 4.81. The van der Waals surface area contributed by atoms with Gasteiger partial charge in [-0.15, -0.1) is 0 Å². The van der Waals surface area contributed by atoms with E-state index < -0.39 is 18.7 Å². The molecular weight excluding hydrogens is 452 g/mol. The Morgan fingerprint density at radius 1 is 1.06 bits per heavy atom. The summed E-state index contributed by atoms with van der Waals surface area (Å²) >= 11 is 0. The molecule has 3 aromatic rings. The number of aliphatic carboxylic acids is 1. The van der Waals surface area contributed by atoms with Crippen LogP contribution >= 0.6 is 0 Å². The smallest absolute Gasteiger partial charge is 0.411 e. The minimum Gasteiger partial charge on any atom is -0.480 e. The van der Waals surface area contributed by atoms with Gasteiger partial charge in [-0.2, -0.15) is 5.10 Å². The molecule has 1 aliphatic heterocycles. The number of nitrogens with one attached hydrogen (secondary N) is 1. The van der Waals surface area contributed by atoms with Crippen LogP contribution in [0.25, 0.3) is 11.1 Å². The number of rotatable bonds is 7. The molecule has 5 rings (SSSR count). The van der Waals surface area contributed by atoms with Crippen molar-refractivity contribution in [2.45, 2.75) is 12.0 Å². The Hall–Kier alpha value is -4.18. The molecule has 0 radical (unpaired) electrons. The van der Waals surface area contributed by atoms with E-state index in [9.17, 15) is 14.4 Å². The first-order valence-corrected chi connectivity index (χ1v) is 11.2. The lowest BCUT2D eigenvalue weighted by Gasteiger charge is -2.38. The van der Waals surface area contributed by atoms with Gasteiger partial charge in [0.2, 0.25) is 0 Å². The number of carbonyl (C=O) groups is 3. The van der Waals surface area contributed by atoms with Gasteiger partial charge in [-0.05, 0) is 22.3 Å². The average molecular weight is 476 g/mol. The number of aromatic nitrogens is 2. The van der Waals surface area contributed by atoms with Gasteiger partial charge in [0, 0.05) is 32.3 Å². The lowest BCUT2D eigenvalue weighted by molar-refractivity contribution is -0.147. The van der Waals surface area contributed by atoms with Crippen molar-refractivity contribution >= 4 is 23.7 Å². The second-order valence-electron chi connectivity index (χ2n) is 8.55. The number of aryl methyl sites for hydroxylation is 1. The maximum atomic E-state index is 12.9. The minimum absolute atomic E-state index is 0.0769. The van der Waals surface area contributed by atoms with Crippen LogP contribution in [0.2, 0.25) is 0 Å². The van der Waals surface area contributed by atoms with Crippen LogP contribution in [0, 0.1) is 0 Å². The molecule has 0 saturated carbocycles. The van der Waals surface area contributed by atoms with E-state index in [1.165, 1.54) is 15.8 Å². The number of fused-ring (bicyclic) bond motifs is 3. The van der Waals surface area contributed by atoms with Crippen molar-refractivity contribution in [3.05, 3.63) is 71.5 Å². The number of benzene rings is 2. The fraction of sp³-hybridized carbons (Fsp3) is 0.280. The predicted molar refractivity (Wildman–Crippen MR) is 125 cm³/mol. The number of nitrogens with zero attached hydrogens (tertiary/aromatic N) is 3. The minimum atomic E-state index is -1.06. The van der Waals surface area contributed by atoms with Gasteiger partial charge in [-0.1, -0.05) is 48.5 Å². The van der Waals surface area contributed by atoms with Gasteiger partial charge in [0.05, 0.1) is 11.8 Å². The number of ether oxygens (including phenoxy) is 2. The van der Waals surface area contributed by atoms with E-state index >= 15 is 0 Å². The first kappa shape index (κ1) is 22.6. The third kappa shape index (κ3) is 4.47. The van der Waals surface area contributed by atoms with Gasteiger partial charge in [-0.3, -0.25) is 14.8 Å². The zero-order chi connectivity index (χ0) is 24.5. The van der Waals surface area contributed by atoms with E-state index in [1.54, 1.807) is 7.05 Å². The molecule has 2 N–H and O–H groups in total. The van der Waals surface area contributed by atoms with Crippen LogP contribution in [0.4, 0.5) is 10.5 Å². The fourth-order valence-corrected chi connectivity index (χ4v) is 4.53. The maximum absolute atomic E-state index is 12.9. The quantitative estimate of drug-likeness (QED) is 0.537. The van der Waals surface area contributed by atoms with Crippen LogP contribution in [0.15, 0.2) is 54.7 Å². The average Bonchev–Trinajstić information content (AvgIpc) is 3.33. The summed E-state index contributed by atoms with van der Waals surface area (Å²) in [6.07, 6.45) is 0.518. The molecule has 180 valence electrons. The summed E-state index contributed by atoms with van der Waals surface area (Å²) < 4.78 is 12.2. The first-order chi connectivity index (χ1) is 16.9. The topological polar surface area (TPSA) is 123 Å². The molecule has 1 aromatic heterocycles. The van der Waals surface area contributed by atoms with Gasteiger partial charge in [0.15, 0.2) is 5.69 Å². The summed E-state index contributed by atoms with van der Waals surface area (Å²) in [6.45, 7) is 0.253. The second kappa shape index (κ2) is 9.22.